The lowest BCUT2D eigenvalue weighted by Gasteiger charge is -2.28. The second-order valence-electron chi connectivity index (χ2n) is 5.39. The van der Waals surface area contributed by atoms with Crippen LogP contribution < -0.4 is 10.2 Å². The molecule has 24 heavy (non-hydrogen) atoms. The molecule has 0 atom stereocenters. The van der Waals surface area contributed by atoms with Crippen LogP contribution in [0.15, 0.2) is 36.4 Å². The Morgan fingerprint density at radius 2 is 1.75 bits per heavy atom. The first-order valence-electron chi connectivity index (χ1n) is 7.47. The highest BCUT2D eigenvalue weighted by Crippen LogP contribution is 2.32. The third-order valence-corrected chi connectivity index (χ3v) is 3.77. The van der Waals surface area contributed by atoms with E-state index < -0.39 is 23.2 Å². The zero-order chi connectivity index (χ0) is 17.2. The van der Waals surface area contributed by atoms with Gasteiger partial charge >= 0.3 is 6.18 Å². The van der Waals surface area contributed by atoms with Gasteiger partial charge in [-0.3, -0.25) is 4.79 Å². The van der Waals surface area contributed by atoms with Gasteiger partial charge in [0.15, 0.2) is 17.3 Å². The fourth-order valence-corrected chi connectivity index (χ4v) is 2.56. The number of rotatable bonds is 3. The lowest BCUT2D eigenvalue weighted by atomic mass is 10.0. The molecule has 126 valence electrons. The Morgan fingerprint density at radius 3 is 2.38 bits per heavy atom. The number of piperazine rings is 1. The van der Waals surface area contributed by atoms with Crippen LogP contribution in [0.2, 0.25) is 0 Å². The molecule has 0 aliphatic carbocycles. The number of anilines is 1. The van der Waals surface area contributed by atoms with Gasteiger partial charge in [-0.2, -0.15) is 13.2 Å². The molecule has 8 heteroatoms. The molecule has 2 heterocycles. The minimum Gasteiger partial charge on any atom is -0.353 e. The number of hydrogen-bond acceptors (Lipinski definition) is 5. The van der Waals surface area contributed by atoms with Crippen molar-refractivity contribution in [2.24, 2.45) is 0 Å². The number of halogens is 3. The van der Waals surface area contributed by atoms with Crippen molar-refractivity contribution < 1.29 is 18.0 Å². The van der Waals surface area contributed by atoms with Crippen LogP contribution in [0.4, 0.5) is 19.0 Å². The van der Waals surface area contributed by atoms with Gasteiger partial charge in [0.1, 0.15) is 0 Å². The summed E-state index contributed by atoms with van der Waals surface area (Å²) in [5.74, 6) is -0.432. The summed E-state index contributed by atoms with van der Waals surface area (Å²) in [5, 5.41) is 10.1. The second-order valence-corrected chi connectivity index (χ2v) is 5.39. The number of aromatic nitrogens is 2. The van der Waals surface area contributed by atoms with Crippen molar-refractivity contribution in [1.82, 2.24) is 15.5 Å². The molecule has 0 radical (unpaired) electrons. The lowest BCUT2D eigenvalue weighted by molar-refractivity contribution is -0.142. The number of nitrogens with one attached hydrogen (secondary N) is 1. The molecule has 3 rings (SSSR count). The summed E-state index contributed by atoms with van der Waals surface area (Å²) in [6, 6.07) is 9.05. The van der Waals surface area contributed by atoms with Gasteiger partial charge in [-0.15, -0.1) is 10.2 Å². The number of ketones is 1. The van der Waals surface area contributed by atoms with Gasteiger partial charge in [0.25, 0.3) is 0 Å². The van der Waals surface area contributed by atoms with Crippen LogP contribution in [0.25, 0.3) is 0 Å². The zero-order valence-corrected chi connectivity index (χ0v) is 12.7. The normalized spacial score (nSPS) is 15.4. The highest BCUT2D eigenvalue weighted by atomic mass is 19.4. The van der Waals surface area contributed by atoms with Crippen molar-refractivity contribution in [3.05, 3.63) is 53.2 Å². The molecule has 0 bridgehead atoms. The standard InChI is InChI=1S/C16H15F3N4O/c17-16(18,19)15-12(14(24)11-4-2-1-3-5-11)10-13(21-22-15)23-8-6-20-7-9-23/h1-5,10,20H,6-9H2. The molecular formula is C16H15F3N4O. The van der Waals surface area contributed by atoms with Gasteiger partial charge < -0.3 is 10.2 Å². The Morgan fingerprint density at radius 1 is 1.08 bits per heavy atom. The van der Waals surface area contributed by atoms with Gasteiger partial charge in [-0.25, -0.2) is 0 Å². The van der Waals surface area contributed by atoms with E-state index in [4.69, 9.17) is 0 Å². The van der Waals surface area contributed by atoms with Gasteiger partial charge in [0, 0.05) is 31.7 Å². The van der Waals surface area contributed by atoms with Crippen molar-refractivity contribution in [3.63, 3.8) is 0 Å². The average Bonchev–Trinajstić information content (AvgIpc) is 2.61. The smallest absolute Gasteiger partial charge is 0.353 e. The molecule has 0 amide bonds. The molecular weight excluding hydrogens is 321 g/mol. The largest absolute Gasteiger partial charge is 0.435 e. The van der Waals surface area contributed by atoms with E-state index in [1.54, 1.807) is 18.2 Å². The van der Waals surface area contributed by atoms with E-state index in [0.717, 1.165) is 0 Å². The highest BCUT2D eigenvalue weighted by Gasteiger charge is 2.38. The molecule has 1 aliphatic rings. The van der Waals surface area contributed by atoms with E-state index in [0.29, 0.717) is 26.2 Å². The van der Waals surface area contributed by atoms with Crippen molar-refractivity contribution in [3.8, 4) is 0 Å². The first kappa shape index (κ1) is 16.4. The number of nitrogens with zero attached hydrogens (tertiary/aromatic N) is 3. The van der Waals surface area contributed by atoms with Crippen LogP contribution in [0, 0.1) is 0 Å². The first-order valence-corrected chi connectivity index (χ1v) is 7.47. The number of benzene rings is 1. The zero-order valence-electron chi connectivity index (χ0n) is 12.7. The van der Waals surface area contributed by atoms with Crippen LogP contribution in [0.1, 0.15) is 21.6 Å². The summed E-state index contributed by atoms with van der Waals surface area (Å²) < 4.78 is 39.7. The molecule has 1 aromatic heterocycles. The second kappa shape index (κ2) is 6.56. The number of hydrogen-bond donors (Lipinski definition) is 1. The van der Waals surface area contributed by atoms with E-state index >= 15 is 0 Å². The van der Waals surface area contributed by atoms with Gasteiger partial charge in [-0.05, 0) is 6.07 Å². The third kappa shape index (κ3) is 3.38. The maximum absolute atomic E-state index is 13.2. The Hall–Kier alpha value is -2.48. The Kier molecular flexibility index (Phi) is 4.48. The predicted molar refractivity (Wildman–Crippen MR) is 82.0 cm³/mol. The SMILES string of the molecule is O=C(c1ccccc1)c1cc(N2CCNCC2)nnc1C(F)(F)F. The predicted octanol–water partition coefficient (Wildman–Crippen LogP) is 2.14. The van der Waals surface area contributed by atoms with E-state index in [1.165, 1.54) is 18.2 Å². The molecule has 1 fully saturated rings. The van der Waals surface area contributed by atoms with Crippen LogP contribution in [0.5, 0.6) is 0 Å². The molecule has 0 saturated carbocycles. The third-order valence-electron chi connectivity index (χ3n) is 3.77. The maximum atomic E-state index is 13.2. The summed E-state index contributed by atoms with van der Waals surface area (Å²) in [4.78, 5) is 14.4. The molecule has 1 N–H and O–H groups in total. The summed E-state index contributed by atoms with van der Waals surface area (Å²) in [5.41, 5.74) is -1.55. The Bertz CT molecular complexity index is 728. The number of carbonyl (C=O) groups is 1. The average molecular weight is 336 g/mol. The molecule has 1 saturated heterocycles. The Balaban J connectivity index is 2.04. The maximum Gasteiger partial charge on any atom is 0.435 e. The van der Waals surface area contributed by atoms with E-state index in [9.17, 15) is 18.0 Å². The summed E-state index contributed by atoms with van der Waals surface area (Å²) in [6.45, 7) is 2.59. The summed E-state index contributed by atoms with van der Waals surface area (Å²) in [6.07, 6.45) is -4.74. The Labute approximate surface area is 136 Å². The van der Waals surface area contributed by atoms with Gasteiger partial charge in [0.05, 0.1) is 5.56 Å². The van der Waals surface area contributed by atoms with Crippen molar-refractivity contribution in [1.29, 1.82) is 0 Å². The van der Waals surface area contributed by atoms with E-state index in [2.05, 4.69) is 15.5 Å². The molecule has 2 aromatic rings. The lowest BCUT2D eigenvalue weighted by Crippen LogP contribution is -2.44. The van der Waals surface area contributed by atoms with Crippen LogP contribution in [0.3, 0.4) is 0 Å². The molecule has 1 aliphatic heterocycles. The summed E-state index contributed by atoms with van der Waals surface area (Å²) in [7, 11) is 0. The fourth-order valence-electron chi connectivity index (χ4n) is 2.56. The molecule has 1 aromatic carbocycles. The number of carbonyl (C=O) groups excluding carboxylic acids is 1. The first-order chi connectivity index (χ1) is 11.5. The van der Waals surface area contributed by atoms with Crippen molar-refractivity contribution in [2.75, 3.05) is 31.1 Å². The fraction of sp³-hybridized carbons (Fsp3) is 0.312. The highest BCUT2D eigenvalue weighted by molar-refractivity contribution is 6.10. The van der Waals surface area contributed by atoms with Crippen LogP contribution >= 0.6 is 0 Å². The van der Waals surface area contributed by atoms with E-state index in [-0.39, 0.29) is 11.4 Å². The topological polar surface area (TPSA) is 58.1 Å². The van der Waals surface area contributed by atoms with Crippen molar-refractivity contribution in [2.45, 2.75) is 6.18 Å². The monoisotopic (exact) mass is 336 g/mol. The van der Waals surface area contributed by atoms with Gasteiger partial charge in [-0.1, -0.05) is 30.3 Å². The van der Waals surface area contributed by atoms with Crippen LogP contribution in [-0.4, -0.2) is 42.2 Å². The minimum absolute atomic E-state index is 0.183. The van der Waals surface area contributed by atoms with Gasteiger partial charge in [0.2, 0.25) is 0 Å². The minimum atomic E-state index is -4.74. The van der Waals surface area contributed by atoms with Crippen LogP contribution in [-0.2, 0) is 6.18 Å². The summed E-state index contributed by atoms with van der Waals surface area (Å²) >= 11 is 0. The van der Waals surface area contributed by atoms with Crippen molar-refractivity contribution >= 4 is 11.6 Å². The molecule has 0 unspecified atom stereocenters. The van der Waals surface area contributed by atoms with E-state index in [1.807, 2.05) is 4.90 Å². The number of alkyl halides is 3. The quantitative estimate of drug-likeness (QED) is 0.871. The molecule has 5 nitrogen and oxygen atoms in total. The molecule has 0 spiro atoms.